The summed E-state index contributed by atoms with van der Waals surface area (Å²) < 4.78 is 0. The molecule has 1 heterocycles. The molecule has 1 amide bonds. The SMILES string of the molecule is CCC1CCCN(C(=O)C2(C(N)=S)CCCC2)C1. The van der Waals surface area contributed by atoms with Crippen molar-refractivity contribution >= 4 is 23.1 Å². The predicted molar refractivity (Wildman–Crippen MR) is 77.3 cm³/mol. The Balaban J connectivity index is 2.11. The molecule has 2 rings (SSSR count). The van der Waals surface area contributed by atoms with Crippen LogP contribution >= 0.6 is 12.2 Å². The molecular weight excluding hydrogens is 244 g/mol. The first-order valence-electron chi connectivity index (χ1n) is 7.19. The van der Waals surface area contributed by atoms with Crippen molar-refractivity contribution in [2.24, 2.45) is 17.1 Å². The van der Waals surface area contributed by atoms with E-state index in [0.29, 0.717) is 10.9 Å². The van der Waals surface area contributed by atoms with Gasteiger partial charge < -0.3 is 10.6 Å². The van der Waals surface area contributed by atoms with Gasteiger partial charge in [0.2, 0.25) is 5.91 Å². The number of hydrogen-bond acceptors (Lipinski definition) is 2. The van der Waals surface area contributed by atoms with Crippen molar-refractivity contribution < 1.29 is 4.79 Å². The molecule has 0 aromatic carbocycles. The minimum atomic E-state index is -0.509. The zero-order chi connectivity index (χ0) is 13.2. The third-order valence-corrected chi connectivity index (χ3v) is 5.11. The molecule has 102 valence electrons. The van der Waals surface area contributed by atoms with Crippen LogP contribution in [-0.4, -0.2) is 28.9 Å². The average molecular weight is 268 g/mol. The third kappa shape index (κ3) is 2.40. The Morgan fingerprint density at radius 2 is 2.06 bits per heavy atom. The summed E-state index contributed by atoms with van der Waals surface area (Å²) in [5.74, 6) is 0.873. The lowest BCUT2D eigenvalue weighted by molar-refractivity contribution is -0.140. The van der Waals surface area contributed by atoms with Gasteiger partial charge >= 0.3 is 0 Å². The molecular formula is C14H24N2OS. The topological polar surface area (TPSA) is 46.3 Å². The van der Waals surface area contributed by atoms with Crippen LogP contribution in [0.25, 0.3) is 0 Å². The van der Waals surface area contributed by atoms with E-state index in [1.807, 2.05) is 4.90 Å². The second-order valence-corrected chi connectivity index (χ2v) is 6.26. The van der Waals surface area contributed by atoms with Crippen molar-refractivity contribution in [2.75, 3.05) is 13.1 Å². The van der Waals surface area contributed by atoms with E-state index < -0.39 is 5.41 Å². The van der Waals surface area contributed by atoms with E-state index in [1.54, 1.807) is 0 Å². The number of rotatable bonds is 3. The fraction of sp³-hybridized carbons (Fsp3) is 0.857. The maximum absolute atomic E-state index is 12.8. The maximum atomic E-state index is 12.8. The Hall–Kier alpha value is -0.640. The molecule has 1 atom stereocenters. The maximum Gasteiger partial charge on any atom is 0.235 e. The number of nitrogens with zero attached hydrogens (tertiary/aromatic N) is 1. The van der Waals surface area contributed by atoms with E-state index in [-0.39, 0.29) is 5.91 Å². The lowest BCUT2D eigenvalue weighted by Crippen LogP contribution is -2.51. The van der Waals surface area contributed by atoms with Crippen LogP contribution in [0.5, 0.6) is 0 Å². The van der Waals surface area contributed by atoms with Crippen molar-refractivity contribution in [3.05, 3.63) is 0 Å². The van der Waals surface area contributed by atoms with Gasteiger partial charge in [-0.25, -0.2) is 0 Å². The second kappa shape index (κ2) is 5.55. The molecule has 4 heteroatoms. The Labute approximate surface area is 115 Å². The zero-order valence-corrected chi connectivity index (χ0v) is 12.1. The number of carbonyl (C=O) groups excluding carboxylic acids is 1. The van der Waals surface area contributed by atoms with E-state index in [0.717, 1.165) is 51.6 Å². The number of thiocarbonyl (C=S) groups is 1. The fourth-order valence-electron chi connectivity index (χ4n) is 3.43. The van der Waals surface area contributed by atoms with Crippen LogP contribution in [0, 0.1) is 11.3 Å². The first-order valence-corrected chi connectivity index (χ1v) is 7.60. The van der Waals surface area contributed by atoms with Crippen LogP contribution < -0.4 is 5.73 Å². The standard InChI is InChI=1S/C14H24N2OS/c1-2-11-6-5-9-16(10-11)13(17)14(12(15)18)7-3-4-8-14/h11H,2-10H2,1H3,(H2,15,18). The van der Waals surface area contributed by atoms with Gasteiger partial charge in [-0.05, 0) is 31.6 Å². The molecule has 0 spiro atoms. The first-order chi connectivity index (χ1) is 8.60. The smallest absolute Gasteiger partial charge is 0.235 e. The highest BCUT2D eigenvalue weighted by Gasteiger charge is 2.46. The Bertz CT molecular complexity index is 337. The van der Waals surface area contributed by atoms with Gasteiger partial charge in [0.1, 0.15) is 0 Å². The molecule has 1 unspecified atom stereocenters. The molecule has 3 nitrogen and oxygen atoms in total. The van der Waals surface area contributed by atoms with Gasteiger partial charge in [0.25, 0.3) is 0 Å². The number of likely N-dealkylation sites (tertiary alicyclic amines) is 1. The molecule has 0 bridgehead atoms. The molecule has 2 fully saturated rings. The summed E-state index contributed by atoms with van der Waals surface area (Å²) in [4.78, 5) is 15.2. The summed E-state index contributed by atoms with van der Waals surface area (Å²) >= 11 is 5.20. The van der Waals surface area contributed by atoms with E-state index in [2.05, 4.69) is 6.92 Å². The summed E-state index contributed by atoms with van der Waals surface area (Å²) in [6.07, 6.45) is 7.40. The highest BCUT2D eigenvalue weighted by molar-refractivity contribution is 7.80. The first kappa shape index (κ1) is 13.8. The zero-order valence-electron chi connectivity index (χ0n) is 11.3. The van der Waals surface area contributed by atoms with Gasteiger partial charge in [0, 0.05) is 13.1 Å². The third-order valence-electron chi connectivity index (χ3n) is 4.72. The Kier molecular flexibility index (Phi) is 4.25. The number of carbonyl (C=O) groups is 1. The van der Waals surface area contributed by atoms with E-state index in [1.165, 1.54) is 6.42 Å². The highest BCUT2D eigenvalue weighted by atomic mass is 32.1. The number of piperidine rings is 1. The van der Waals surface area contributed by atoms with Crippen molar-refractivity contribution in [2.45, 2.75) is 51.9 Å². The molecule has 1 aliphatic heterocycles. The Morgan fingerprint density at radius 3 is 2.61 bits per heavy atom. The molecule has 0 radical (unpaired) electrons. The van der Waals surface area contributed by atoms with Crippen LogP contribution in [0.1, 0.15) is 51.9 Å². The quantitative estimate of drug-likeness (QED) is 0.800. The normalized spacial score (nSPS) is 27.2. The van der Waals surface area contributed by atoms with Crippen LogP contribution in [0.4, 0.5) is 0 Å². The van der Waals surface area contributed by atoms with Crippen molar-refractivity contribution in [1.29, 1.82) is 0 Å². The number of amides is 1. The lowest BCUT2D eigenvalue weighted by atomic mass is 9.83. The lowest BCUT2D eigenvalue weighted by Gasteiger charge is -2.38. The van der Waals surface area contributed by atoms with Crippen LogP contribution in [0.3, 0.4) is 0 Å². The number of hydrogen-bond donors (Lipinski definition) is 1. The van der Waals surface area contributed by atoms with Crippen LogP contribution in [0.2, 0.25) is 0 Å². The van der Waals surface area contributed by atoms with Crippen LogP contribution in [0.15, 0.2) is 0 Å². The van der Waals surface area contributed by atoms with Crippen molar-refractivity contribution in [3.8, 4) is 0 Å². The summed E-state index contributed by atoms with van der Waals surface area (Å²) in [7, 11) is 0. The molecule has 1 aliphatic carbocycles. The molecule has 2 N–H and O–H groups in total. The van der Waals surface area contributed by atoms with Gasteiger partial charge in [-0.15, -0.1) is 0 Å². The van der Waals surface area contributed by atoms with Gasteiger partial charge in [-0.3, -0.25) is 4.79 Å². The van der Waals surface area contributed by atoms with E-state index in [9.17, 15) is 4.79 Å². The monoisotopic (exact) mass is 268 g/mol. The molecule has 0 aromatic rings. The summed E-state index contributed by atoms with van der Waals surface area (Å²) in [5, 5.41) is 0. The second-order valence-electron chi connectivity index (χ2n) is 5.82. The minimum Gasteiger partial charge on any atom is -0.392 e. The average Bonchev–Trinajstić information content (AvgIpc) is 2.88. The summed E-state index contributed by atoms with van der Waals surface area (Å²) in [6.45, 7) is 4.00. The predicted octanol–water partition coefficient (Wildman–Crippen LogP) is 2.48. The summed E-state index contributed by atoms with van der Waals surface area (Å²) in [6, 6.07) is 0. The van der Waals surface area contributed by atoms with Crippen molar-refractivity contribution in [3.63, 3.8) is 0 Å². The Morgan fingerprint density at radius 1 is 1.39 bits per heavy atom. The molecule has 2 aliphatic rings. The van der Waals surface area contributed by atoms with Gasteiger partial charge in [0.05, 0.1) is 10.4 Å². The highest BCUT2D eigenvalue weighted by Crippen LogP contribution is 2.41. The largest absolute Gasteiger partial charge is 0.392 e. The number of nitrogens with two attached hydrogens (primary N) is 1. The van der Waals surface area contributed by atoms with E-state index >= 15 is 0 Å². The summed E-state index contributed by atoms with van der Waals surface area (Å²) in [5.41, 5.74) is 5.38. The molecule has 1 saturated carbocycles. The molecule has 18 heavy (non-hydrogen) atoms. The van der Waals surface area contributed by atoms with Crippen molar-refractivity contribution in [1.82, 2.24) is 4.90 Å². The molecule has 0 aromatic heterocycles. The molecule has 1 saturated heterocycles. The van der Waals surface area contributed by atoms with Gasteiger partial charge in [0.15, 0.2) is 0 Å². The van der Waals surface area contributed by atoms with Gasteiger partial charge in [-0.2, -0.15) is 0 Å². The van der Waals surface area contributed by atoms with Gasteiger partial charge in [-0.1, -0.05) is 38.4 Å². The minimum absolute atomic E-state index is 0.214. The fourth-order valence-corrected chi connectivity index (χ4v) is 3.72. The van der Waals surface area contributed by atoms with Crippen LogP contribution in [-0.2, 0) is 4.79 Å². The van der Waals surface area contributed by atoms with E-state index in [4.69, 9.17) is 18.0 Å².